The Morgan fingerprint density at radius 3 is 2.42 bits per heavy atom. The number of hydrogen-bond donors (Lipinski definition) is 0. The molecule has 2 unspecified atom stereocenters. The van der Waals surface area contributed by atoms with Crippen LogP contribution in [0.15, 0.2) is 78.9 Å². The largest absolute Gasteiger partial charge is 0.496 e. The maximum Gasteiger partial charge on any atom is 0.122 e. The van der Waals surface area contributed by atoms with Crippen molar-refractivity contribution in [1.29, 1.82) is 0 Å². The predicted octanol–water partition coefficient (Wildman–Crippen LogP) is 6.16. The van der Waals surface area contributed by atoms with Crippen molar-refractivity contribution >= 4 is 11.6 Å². The predicted molar refractivity (Wildman–Crippen MR) is 127 cm³/mol. The smallest absolute Gasteiger partial charge is 0.122 e. The first-order valence-corrected chi connectivity index (χ1v) is 11.4. The number of likely N-dealkylation sites (tertiary alicyclic amines) is 1. The van der Waals surface area contributed by atoms with E-state index >= 15 is 0 Å². The van der Waals surface area contributed by atoms with Gasteiger partial charge >= 0.3 is 0 Å². The Labute approximate surface area is 190 Å². The minimum absolute atomic E-state index is 0.0878. The zero-order valence-corrected chi connectivity index (χ0v) is 18.8. The van der Waals surface area contributed by atoms with Gasteiger partial charge in [0.05, 0.1) is 13.7 Å². The van der Waals surface area contributed by atoms with Crippen LogP contribution in [0.3, 0.4) is 0 Å². The molecule has 0 amide bonds. The minimum atomic E-state index is -0.0878. The quantitative estimate of drug-likeness (QED) is 0.401. The molecule has 0 aliphatic carbocycles. The highest BCUT2D eigenvalue weighted by atomic mass is 35.5. The van der Waals surface area contributed by atoms with Crippen LogP contribution in [0.4, 0.5) is 0 Å². The molecule has 0 saturated carbocycles. The fourth-order valence-electron chi connectivity index (χ4n) is 4.41. The van der Waals surface area contributed by atoms with Gasteiger partial charge in [-0.15, -0.1) is 0 Å². The first kappa shape index (κ1) is 21.9. The average molecular weight is 436 g/mol. The fraction of sp³-hybridized carbons (Fsp3) is 0.333. The second-order valence-corrected chi connectivity index (χ2v) is 8.51. The Hall–Kier alpha value is -2.33. The molecule has 4 heteroatoms. The van der Waals surface area contributed by atoms with Gasteiger partial charge in [0.1, 0.15) is 11.9 Å². The molecular formula is C27H30ClNO2. The summed E-state index contributed by atoms with van der Waals surface area (Å²) >= 11 is 6.11. The third-order valence-electron chi connectivity index (χ3n) is 6.09. The molecule has 162 valence electrons. The molecule has 0 spiro atoms. The first-order valence-electron chi connectivity index (χ1n) is 11.0. The van der Waals surface area contributed by atoms with Crippen LogP contribution in [0.1, 0.15) is 35.6 Å². The SMILES string of the molecule is COc1ccccc1CCN1CCCC1COC(c1ccccc1)c1ccc(Cl)cc1. The van der Waals surface area contributed by atoms with Gasteiger partial charge in [-0.2, -0.15) is 0 Å². The summed E-state index contributed by atoms with van der Waals surface area (Å²) in [4.78, 5) is 2.57. The van der Waals surface area contributed by atoms with E-state index in [0.717, 1.165) is 35.8 Å². The normalized spacial score (nSPS) is 17.5. The van der Waals surface area contributed by atoms with Crippen LogP contribution in [0.5, 0.6) is 5.75 Å². The lowest BCUT2D eigenvalue weighted by molar-refractivity contribution is 0.0381. The molecule has 1 aliphatic heterocycles. The Morgan fingerprint density at radius 2 is 1.65 bits per heavy atom. The average Bonchev–Trinajstić information content (AvgIpc) is 3.27. The van der Waals surface area contributed by atoms with Crippen molar-refractivity contribution in [2.75, 3.05) is 26.8 Å². The third kappa shape index (κ3) is 5.68. The molecule has 1 saturated heterocycles. The molecule has 0 radical (unpaired) electrons. The number of benzene rings is 3. The number of rotatable bonds is 9. The molecule has 3 aromatic carbocycles. The van der Waals surface area contributed by atoms with Crippen molar-refractivity contribution in [2.45, 2.75) is 31.4 Å². The second-order valence-electron chi connectivity index (χ2n) is 8.07. The van der Waals surface area contributed by atoms with Gasteiger partial charge in [-0.25, -0.2) is 0 Å². The lowest BCUT2D eigenvalue weighted by Crippen LogP contribution is -2.35. The lowest BCUT2D eigenvalue weighted by Gasteiger charge is -2.27. The van der Waals surface area contributed by atoms with Crippen molar-refractivity contribution in [3.05, 3.63) is 101 Å². The monoisotopic (exact) mass is 435 g/mol. The van der Waals surface area contributed by atoms with Crippen molar-refractivity contribution in [3.8, 4) is 5.75 Å². The maximum absolute atomic E-state index is 6.56. The van der Waals surface area contributed by atoms with Gasteiger partial charge in [-0.3, -0.25) is 4.90 Å². The molecule has 0 N–H and O–H groups in total. The Balaban J connectivity index is 1.42. The van der Waals surface area contributed by atoms with Crippen molar-refractivity contribution in [1.82, 2.24) is 4.90 Å². The Morgan fingerprint density at radius 1 is 0.935 bits per heavy atom. The fourth-order valence-corrected chi connectivity index (χ4v) is 4.54. The van der Waals surface area contributed by atoms with E-state index in [1.807, 2.05) is 30.3 Å². The summed E-state index contributed by atoms with van der Waals surface area (Å²) in [5.74, 6) is 0.973. The molecule has 3 aromatic rings. The number of hydrogen-bond acceptors (Lipinski definition) is 3. The van der Waals surface area contributed by atoms with E-state index in [1.54, 1.807) is 7.11 Å². The van der Waals surface area contributed by atoms with Gasteiger partial charge < -0.3 is 9.47 Å². The summed E-state index contributed by atoms with van der Waals surface area (Å²) in [5.41, 5.74) is 3.57. The van der Waals surface area contributed by atoms with Crippen molar-refractivity contribution < 1.29 is 9.47 Å². The summed E-state index contributed by atoms with van der Waals surface area (Å²) in [7, 11) is 1.74. The van der Waals surface area contributed by atoms with Crippen LogP contribution >= 0.6 is 11.6 Å². The highest BCUT2D eigenvalue weighted by molar-refractivity contribution is 6.30. The zero-order valence-electron chi connectivity index (χ0n) is 18.0. The number of methoxy groups -OCH3 is 1. The van der Waals surface area contributed by atoms with Gasteiger partial charge in [-0.05, 0) is 60.7 Å². The Bertz CT molecular complexity index is 945. The minimum Gasteiger partial charge on any atom is -0.496 e. The molecule has 31 heavy (non-hydrogen) atoms. The van der Waals surface area contributed by atoms with Gasteiger partial charge in [0.15, 0.2) is 0 Å². The van der Waals surface area contributed by atoms with Crippen LogP contribution in [-0.2, 0) is 11.2 Å². The van der Waals surface area contributed by atoms with Gasteiger partial charge in [0.2, 0.25) is 0 Å². The summed E-state index contributed by atoms with van der Waals surface area (Å²) in [6, 6.07) is 27.2. The summed E-state index contributed by atoms with van der Waals surface area (Å²) in [6.45, 7) is 2.86. The van der Waals surface area contributed by atoms with Gasteiger partial charge in [0.25, 0.3) is 0 Å². The molecular weight excluding hydrogens is 406 g/mol. The Kier molecular flexibility index (Phi) is 7.63. The summed E-state index contributed by atoms with van der Waals surface area (Å²) in [6.07, 6.45) is 3.29. The summed E-state index contributed by atoms with van der Waals surface area (Å²) < 4.78 is 12.1. The second kappa shape index (κ2) is 10.8. The van der Waals surface area contributed by atoms with E-state index in [4.69, 9.17) is 21.1 Å². The number of para-hydroxylation sites is 1. The first-order chi connectivity index (χ1) is 15.2. The van der Waals surface area contributed by atoms with E-state index in [0.29, 0.717) is 12.6 Å². The van der Waals surface area contributed by atoms with Crippen molar-refractivity contribution in [3.63, 3.8) is 0 Å². The molecule has 1 aliphatic rings. The molecule has 1 fully saturated rings. The number of ether oxygens (including phenoxy) is 2. The van der Waals surface area contributed by atoms with E-state index < -0.39 is 0 Å². The molecule has 3 nitrogen and oxygen atoms in total. The number of halogens is 1. The standard InChI is InChI=1S/C27H30ClNO2/c1-30-26-12-6-5-8-21(26)17-19-29-18-7-11-25(29)20-31-27(22-9-3-2-4-10-22)23-13-15-24(28)16-14-23/h2-6,8-10,12-16,25,27H,7,11,17-20H2,1H3. The molecule has 1 heterocycles. The van der Waals surface area contributed by atoms with Crippen LogP contribution < -0.4 is 4.74 Å². The molecule has 2 atom stereocenters. The topological polar surface area (TPSA) is 21.7 Å². The highest BCUT2D eigenvalue weighted by Crippen LogP contribution is 2.29. The van der Waals surface area contributed by atoms with E-state index in [2.05, 4.69) is 53.4 Å². The van der Waals surface area contributed by atoms with Crippen LogP contribution in [0.2, 0.25) is 5.02 Å². The van der Waals surface area contributed by atoms with Crippen LogP contribution in [0.25, 0.3) is 0 Å². The van der Waals surface area contributed by atoms with Crippen molar-refractivity contribution in [2.24, 2.45) is 0 Å². The van der Waals surface area contributed by atoms with Gasteiger partial charge in [-0.1, -0.05) is 72.3 Å². The third-order valence-corrected chi connectivity index (χ3v) is 6.34. The molecule has 0 aromatic heterocycles. The van der Waals surface area contributed by atoms with Gasteiger partial charge in [0, 0.05) is 17.6 Å². The van der Waals surface area contributed by atoms with E-state index in [9.17, 15) is 0 Å². The molecule has 0 bridgehead atoms. The van der Waals surface area contributed by atoms with E-state index in [1.165, 1.54) is 24.0 Å². The zero-order chi connectivity index (χ0) is 21.5. The van der Waals surface area contributed by atoms with E-state index in [-0.39, 0.29) is 6.10 Å². The summed E-state index contributed by atoms with van der Waals surface area (Å²) in [5, 5.41) is 0.744. The molecule has 4 rings (SSSR count). The lowest BCUT2D eigenvalue weighted by atomic mass is 10.0. The number of nitrogens with zero attached hydrogens (tertiary/aromatic N) is 1. The van der Waals surface area contributed by atoms with Crippen LogP contribution in [-0.4, -0.2) is 37.7 Å². The highest BCUT2D eigenvalue weighted by Gasteiger charge is 2.26. The van der Waals surface area contributed by atoms with Crippen LogP contribution in [0, 0.1) is 0 Å². The maximum atomic E-state index is 6.56.